The van der Waals surface area contributed by atoms with Gasteiger partial charge in [-0.15, -0.1) is 11.3 Å². The van der Waals surface area contributed by atoms with Gasteiger partial charge in [0.05, 0.1) is 9.83 Å². The summed E-state index contributed by atoms with van der Waals surface area (Å²) in [6, 6.07) is 11.4. The molecule has 0 saturated heterocycles. The standard InChI is InChI=1S/C18H24BrNS/c1-6-20-16(15-11-12(2)17(19)21-15)13-9-7-8-10-14(13)18(3,4)5/h7-11,16,20H,6H2,1-5H3. The molecule has 1 aromatic carbocycles. The van der Waals surface area contributed by atoms with Crippen LogP contribution in [0.15, 0.2) is 34.1 Å². The first kappa shape index (κ1) is 16.7. The van der Waals surface area contributed by atoms with Gasteiger partial charge in [0.2, 0.25) is 0 Å². The Kier molecular flexibility index (Phi) is 5.29. The second kappa shape index (κ2) is 6.64. The smallest absolute Gasteiger partial charge is 0.0731 e. The first-order valence-electron chi connectivity index (χ1n) is 7.43. The maximum Gasteiger partial charge on any atom is 0.0731 e. The Labute approximate surface area is 140 Å². The van der Waals surface area contributed by atoms with Gasteiger partial charge in [0.1, 0.15) is 0 Å². The summed E-state index contributed by atoms with van der Waals surface area (Å²) in [5.41, 5.74) is 4.26. The SMILES string of the molecule is CCNC(c1cc(C)c(Br)s1)c1ccccc1C(C)(C)C. The van der Waals surface area contributed by atoms with Crippen LogP contribution in [0.25, 0.3) is 0 Å². The highest BCUT2D eigenvalue weighted by Gasteiger charge is 2.24. The molecule has 0 aliphatic rings. The van der Waals surface area contributed by atoms with Crippen LogP contribution >= 0.6 is 27.3 Å². The maximum absolute atomic E-state index is 3.66. The molecule has 0 amide bonds. The third-order valence-electron chi connectivity index (χ3n) is 3.65. The number of thiophene rings is 1. The lowest BCUT2D eigenvalue weighted by molar-refractivity contribution is 0.559. The maximum atomic E-state index is 3.66. The van der Waals surface area contributed by atoms with Crippen LogP contribution in [-0.4, -0.2) is 6.54 Å². The number of nitrogens with one attached hydrogen (secondary N) is 1. The van der Waals surface area contributed by atoms with E-state index in [0.717, 1.165) is 6.54 Å². The molecule has 1 N–H and O–H groups in total. The van der Waals surface area contributed by atoms with Crippen LogP contribution in [0.2, 0.25) is 0 Å². The van der Waals surface area contributed by atoms with Crippen LogP contribution in [0.4, 0.5) is 0 Å². The van der Waals surface area contributed by atoms with Crippen molar-refractivity contribution in [2.75, 3.05) is 6.54 Å². The van der Waals surface area contributed by atoms with Gasteiger partial charge in [0, 0.05) is 4.88 Å². The normalized spacial score (nSPS) is 13.4. The first-order chi connectivity index (χ1) is 9.84. The average molecular weight is 366 g/mol. The summed E-state index contributed by atoms with van der Waals surface area (Å²) >= 11 is 5.49. The minimum Gasteiger partial charge on any atom is -0.306 e. The zero-order valence-electron chi connectivity index (χ0n) is 13.5. The summed E-state index contributed by atoms with van der Waals surface area (Å²) in [5, 5.41) is 3.66. The van der Waals surface area contributed by atoms with Gasteiger partial charge in [-0.3, -0.25) is 0 Å². The molecule has 2 rings (SSSR count). The first-order valence-corrected chi connectivity index (χ1v) is 9.04. The molecule has 0 aliphatic carbocycles. The Morgan fingerprint density at radius 2 is 1.90 bits per heavy atom. The van der Waals surface area contributed by atoms with Crippen molar-refractivity contribution in [3.8, 4) is 0 Å². The molecule has 21 heavy (non-hydrogen) atoms. The number of halogens is 1. The molecule has 1 nitrogen and oxygen atoms in total. The van der Waals surface area contributed by atoms with E-state index < -0.39 is 0 Å². The molecule has 0 bridgehead atoms. The highest BCUT2D eigenvalue weighted by Crippen LogP contribution is 2.38. The quantitative estimate of drug-likeness (QED) is 0.719. The minimum atomic E-state index is 0.147. The molecule has 0 radical (unpaired) electrons. The molecule has 114 valence electrons. The molecular weight excluding hydrogens is 342 g/mol. The highest BCUT2D eigenvalue weighted by molar-refractivity contribution is 9.11. The van der Waals surface area contributed by atoms with E-state index in [4.69, 9.17) is 0 Å². The highest BCUT2D eigenvalue weighted by atomic mass is 79.9. The fourth-order valence-electron chi connectivity index (χ4n) is 2.63. The van der Waals surface area contributed by atoms with Crippen LogP contribution in [0.5, 0.6) is 0 Å². The number of hydrogen-bond donors (Lipinski definition) is 1. The van der Waals surface area contributed by atoms with Crippen molar-refractivity contribution in [1.29, 1.82) is 0 Å². The van der Waals surface area contributed by atoms with Gasteiger partial charge in [-0.05, 0) is 57.6 Å². The Morgan fingerprint density at radius 1 is 1.24 bits per heavy atom. The average Bonchev–Trinajstić information content (AvgIpc) is 2.75. The zero-order chi connectivity index (χ0) is 15.6. The lowest BCUT2D eigenvalue weighted by Gasteiger charge is -2.27. The largest absolute Gasteiger partial charge is 0.306 e. The van der Waals surface area contributed by atoms with Crippen molar-refractivity contribution in [3.05, 3.63) is 55.7 Å². The topological polar surface area (TPSA) is 12.0 Å². The fraction of sp³-hybridized carbons (Fsp3) is 0.444. The molecule has 1 aromatic heterocycles. The Balaban J connectivity index is 2.53. The lowest BCUT2D eigenvalue weighted by atomic mass is 9.81. The molecule has 2 aromatic rings. The number of benzene rings is 1. The Hall–Kier alpha value is -0.640. The van der Waals surface area contributed by atoms with Crippen molar-refractivity contribution >= 4 is 27.3 Å². The Morgan fingerprint density at radius 3 is 2.43 bits per heavy atom. The van der Waals surface area contributed by atoms with E-state index in [2.05, 4.69) is 86.2 Å². The van der Waals surface area contributed by atoms with Gasteiger partial charge in [0.25, 0.3) is 0 Å². The summed E-state index contributed by atoms with van der Waals surface area (Å²) in [5.74, 6) is 0. The predicted octanol–water partition coefficient (Wildman–Crippen LogP) is 5.82. The van der Waals surface area contributed by atoms with Crippen molar-refractivity contribution < 1.29 is 0 Å². The van der Waals surface area contributed by atoms with Gasteiger partial charge in [-0.25, -0.2) is 0 Å². The van der Waals surface area contributed by atoms with Crippen LogP contribution in [0, 0.1) is 6.92 Å². The summed E-state index contributed by atoms with van der Waals surface area (Å²) in [6.07, 6.45) is 0. The summed E-state index contributed by atoms with van der Waals surface area (Å²) in [6.45, 7) is 12.1. The van der Waals surface area contributed by atoms with E-state index in [-0.39, 0.29) is 11.5 Å². The monoisotopic (exact) mass is 365 g/mol. The molecule has 1 unspecified atom stereocenters. The fourth-order valence-corrected chi connectivity index (χ4v) is 4.29. The van der Waals surface area contributed by atoms with Gasteiger partial charge in [-0.1, -0.05) is 52.0 Å². The van der Waals surface area contributed by atoms with Crippen LogP contribution in [-0.2, 0) is 5.41 Å². The van der Waals surface area contributed by atoms with E-state index in [0.29, 0.717) is 0 Å². The Bertz CT molecular complexity index is 590. The van der Waals surface area contributed by atoms with Gasteiger partial charge >= 0.3 is 0 Å². The third kappa shape index (κ3) is 3.77. The molecule has 1 atom stereocenters. The molecule has 0 spiro atoms. The van der Waals surface area contributed by atoms with Crippen LogP contribution in [0.1, 0.15) is 55.3 Å². The van der Waals surface area contributed by atoms with E-state index in [9.17, 15) is 0 Å². The second-order valence-corrected chi connectivity index (χ2v) is 8.84. The summed E-state index contributed by atoms with van der Waals surface area (Å²) in [4.78, 5) is 1.37. The molecular formula is C18H24BrNS. The van der Waals surface area contributed by atoms with E-state index in [1.807, 2.05) is 11.3 Å². The predicted molar refractivity (Wildman–Crippen MR) is 97.4 cm³/mol. The molecule has 0 aliphatic heterocycles. The van der Waals surface area contributed by atoms with E-state index >= 15 is 0 Å². The minimum absolute atomic E-state index is 0.147. The number of hydrogen-bond acceptors (Lipinski definition) is 2. The van der Waals surface area contributed by atoms with E-state index in [1.54, 1.807) is 0 Å². The third-order valence-corrected chi connectivity index (χ3v) is 5.85. The summed E-state index contributed by atoms with van der Waals surface area (Å²) < 4.78 is 1.23. The van der Waals surface area contributed by atoms with Crippen molar-refractivity contribution in [3.63, 3.8) is 0 Å². The second-order valence-electron chi connectivity index (χ2n) is 6.43. The van der Waals surface area contributed by atoms with Gasteiger partial charge in [0.15, 0.2) is 0 Å². The van der Waals surface area contributed by atoms with Crippen molar-refractivity contribution in [2.24, 2.45) is 0 Å². The van der Waals surface area contributed by atoms with Gasteiger partial charge in [-0.2, -0.15) is 0 Å². The van der Waals surface area contributed by atoms with Crippen molar-refractivity contribution in [2.45, 2.75) is 46.1 Å². The molecule has 0 fully saturated rings. The molecule has 1 heterocycles. The van der Waals surface area contributed by atoms with Crippen LogP contribution in [0.3, 0.4) is 0 Å². The number of rotatable bonds is 4. The summed E-state index contributed by atoms with van der Waals surface area (Å²) in [7, 11) is 0. The van der Waals surface area contributed by atoms with E-state index in [1.165, 1.54) is 25.4 Å². The molecule has 0 saturated carbocycles. The zero-order valence-corrected chi connectivity index (χ0v) is 15.9. The lowest BCUT2D eigenvalue weighted by Crippen LogP contribution is -2.25. The van der Waals surface area contributed by atoms with Gasteiger partial charge < -0.3 is 5.32 Å². The van der Waals surface area contributed by atoms with Crippen LogP contribution < -0.4 is 5.32 Å². The molecule has 3 heteroatoms. The number of aryl methyl sites for hydroxylation is 1. The van der Waals surface area contributed by atoms with Crippen molar-refractivity contribution in [1.82, 2.24) is 5.32 Å².